The third kappa shape index (κ3) is 5.38. The highest BCUT2D eigenvalue weighted by atomic mass is 35.5. The molecule has 0 fully saturated rings. The molecule has 0 saturated heterocycles. The van der Waals surface area contributed by atoms with Gasteiger partial charge in [0.15, 0.2) is 3.67 Å². The Morgan fingerprint density at radius 2 is 1.89 bits per heavy atom. The van der Waals surface area contributed by atoms with E-state index in [1.165, 1.54) is 0 Å². The first-order valence-electron chi connectivity index (χ1n) is 3.14. The van der Waals surface area contributed by atoms with Gasteiger partial charge in [-0.25, -0.2) is 0 Å². The van der Waals surface area contributed by atoms with Crippen LogP contribution in [0.4, 0.5) is 0 Å². The fourth-order valence-corrected chi connectivity index (χ4v) is 1.52. The highest BCUT2D eigenvalue weighted by molar-refractivity contribution is 8.03. The summed E-state index contributed by atoms with van der Waals surface area (Å²) in [7, 11) is 0. The fraction of sp³-hybridized carbons (Fsp3) is 1.00. The van der Waals surface area contributed by atoms with Gasteiger partial charge in [-0.1, -0.05) is 37.0 Å². The van der Waals surface area contributed by atoms with E-state index >= 15 is 0 Å². The van der Waals surface area contributed by atoms with Gasteiger partial charge in [0.25, 0.3) is 0 Å². The lowest BCUT2D eigenvalue weighted by Crippen LogP contribution is -2.04. The zero-order valence-electron chi connectivity index (χ0n) is 5.79. The highest BCUT2D eigenvalue weighted by Crippen LogP contribution is 2.37. The van der Waals surface area contributed by atoms with Crippen LogP contribution in [0.5, 0.6) is 0 Å². The lowest BCUT2D eigenvalue weighted by atomic mass is 10.6. The molecule has 0 unspecified atom stereocenters. The predicted molar refractivity (Wildman–Crippen MR) is 47.5 cm³/mol. The summed E-state index contributed by atoms with van der Waals surface area (Å²) in [5.41, 5.74) is 0. The van der Waals surface area contributed by atoms with Gasteiger partial charge < -0.3 is 0 Å². The van der Waals surface area contributed by atoms with Crippen LogP contribution >= 0.6 is 35.0 Å². The molecule has 9 heavy (non-hydrogen) atoms. The molecule has 0 heterocycles. The van der Waals surface area contributed by atoms with E-state index in [2.05, 4.69) is 6.92 Å². The minimum absolute atomic E-state index is 0.546. The molecule has 0 atom stereocenters. The largest absolute Gasteiger partial charge is 0.163 e. The number of hydrogen-bond donors (Lipinski definition) is 0. The summed E-state index contributed by atoms with van der Waals surface area (Å²) in [5.74, 6) is 1.04. The second-order valence-corrected chi connectivity index (χ2v) is 5.17. The average molecular weight is 187 g/mol. The van der Waals surface area contributed by atoms with Crippen LogP contribution in [0.1, 0.15) is 26.7 Å². The molecule has 0 radical (unpaired) electrons. The van der Waals surface area contributed by atoms with Crippen molar-refractivity contribution >= 4 is 35.0 Å². The van der Waals surface area contributed by atoms with E-state index < -0.39 is 3.67 Å². The van der Waals surface area contributed by atoms with Crippen LogP contribution in [0.15, 0.2) is 0 Å². The van der Waals surface area contributed by atoms with Crippen LogP contribution in [0.25, 0.3) is 0 Å². The van der Waals surface area contributed by atoms with E-state index in [1.54, 1.807) is 11.8 Å². The lowest BCUT2D eigenvalue weighted by Gasteiger charge is -2.14. The van der Waals surface area contributed by atoms with Crippen LogP contribution in [-0.4, -0.2) is 9.42 Å². The summed E-state index contributed by atoms with van der Waals surface area (Å²) in [6.45, 7) is 4.11. The van der Waals surface area contributed by atoms with Crippen molar-refractivity contribution in [1.82, 2.24) is 0 Å². The van der Waals surface area contributed by atoms with Gasteiger partial charge in [0, 0.05) is 0 Å². The minimum atomic E-state index is -0.546. The molecule has 3 heteroatoms. The zero-order valence-corrected chi connectivity index (χ0v) is 8.11. The molecule has 0 N–H and O–H groups in total. The second-order valence-electron chi connectivity index (χ2n) is 1.84. The quantitative estimate of drug-likeness (QED) is 0.605. The molecule has 0 aromatic rings. The van der Waals surface area contributed by atoms with Crippen LogP contribution in [0.3, 0.4) is 0 Å². The number of alkyl halides is 2. The first kappa shape index (κ1) is 9.93. The van der Waals surface area contributed by atoms with Gasteiger partial charge in [-0.3, -0.25) is 0 Å². The summed E-state index contributed by atoms with van der Waals surface area (Å²) in [6, 6.07) is 0. The van der Waals surface area contributed by atoms with Crippen molar-refractivity contribution in [1.29, 1.82) is 0 Å². The van der Waals surface area contributed by atoms with Gasteiger partial charge >= 0.3 is 0 Å². The van der Waals surface area contributed by atoms with Gasteiger partial charge in [-0.2, -0.15) is 0 Å². The van der Waals surface area contributed by atoms with Crippen molar-refractivity contribution in [2.24, 2.45) is 0 Å². The Kier molecular flexibility index (Phi) is 5.19. The van der Waals surface area contributed by atoms with E-state index in [-0.39, 0.29) is 0 Å². The predicted octanol–water partition coefficient (Wildman–Crippen LogP) is 3.67. The Morgan fingerprint density at radius 1 is 1.33 bits per heavy atom. The van der Waals surface area contributed by atoms with Crippen molar-refractivity contribution in [3.8, 4) is 0 Å². The van der Waals surface area contributed by atoms with E-state index in [9.17, 15) is 0 Å². The summed E-state index contributed by atoms with van der Waals surface area (Å²) in [6.07, 6.45) is 1.94. The maximum absolute atomic E-state index is 5.83. The molecule has 0 nitrogen and oxygen atoms in total. The maximum Gasteiger partial charge on any atom is 0.163 e. The molecule has 0 bridgehead atoms. The molecule has 0 aliphatic carbocycles. The van der Waals surface area contributed by atoms with Crippen molar-refractivity contribution in [3.63, 3.8) is 0 Å². The van der Waals surface area contributed by atoms with Gasteiger partial charge in [0.2, 0.25) is 0 Å². The standard InChI is InChI=1S/C6H12Cl2S/c1-3-5-9-6(7,8)4-2/h3-5H2,1-2H3. The monoisotopic (exact) mass is 186 g/mol. The molecule has 56 valence electrons. The third-order valence-electron chi connectivity index (χ3n) is 0.929. The number of halogens is 2. The van der Waals surface area contributed by atoms with Crippen molar-refractivity contribution < 1.29 is 0 Å². The smallest absolute Gasteiger partial charge is 0.123 e. The maximum atomic E-state index is 5.83. The second kappa shape index (κ2) is 4.70. The molecule has 0 amide bonds. The third-order valence-corrected chi connectivity index (χ3v) is 3.44. The molecule has 0 spiro atoms. The molecule has 0 aliphatic heterocycles. The molecular weight excluding hydrogens is 175 g/mol. The van der Waals surface area contributed by atoms with Gasteiger partial charge in [0.1, 0.15) is 0 Å². The molecule has 0 aliphatic rings. The Labute approximate surface area is 71.3 Å². The Balaban J connectivity index is 3.33. The Morgan fingerprint density at radius 3 is 2.22 bits per heavy atom. The van der Waals surface area contributed by atoms with E-state index in [0.29, 0.717) is 0 Å². The number of rotatable bonds is 4. The van der Waals surface area contributed by atoms with E-state index in [1.807, 2.05) is 6.92 Å². The Hall–Kier alpha value is 0.930. The lowest BCUT2D eigenvalue weighted by molar-refractivity contribution is 0.977. The van der Waals surface area contributed by atoms with E-state index in [4.69, 9.17) is 23.2 Å². The number of hydrogen-bond acceptors (Lipinski definition) is 1. The van der Waals surface area contributed by atoms with Crippen molar-refractivity contribution in [2.75, 3.05) is 5.75 Å². The van der Waals surface area contributed by atoms with Crippen LogP contribution in [0, 0.1) is 0 Å². The Bertz CT molecular complexity index is 73.5. The van der Waals surface area contributed by atoms with E-state index in [0.717, 1.165) is 18.6 Å². The highest BCUT2D eigenvalue weighted by Gasteiger charge is 2.20. The summed E-state index contributed by atoms with van der Waals surface area (Å²) < 4.78 is -0.546. The molecule has 0 aromatic heterocycles. The van der Waals surface area contributed by atoms with Crippen LogP contribution < -0.4 is 0 Å². The summed E-state index contributed by atoms with van der Waals surface area (Å²) >= 11 is 13.3. The SMILES string of the molecule is CCCSC(Cl)(Cl)CC. The number of thioether (sulfide) groups is 1. The van der Waals surface area contributed by atoms with Crippen molar-refractivity contribution in [3.05, 3.63) is 0 Å². The topological polar surface area (TPSA) is 0 Å². The van der Waals surface area contributed by atoms with Crippen molar-refractivity contribution in [2.45, 2.75) is 30.4 Å². The summed E-state index contributed by atoms with van der Waals surface area (Å²) in [5, 5.41) is 0. The zero-order chi connectivity index (χ0) is 7.33. The molecular formula is C6H12Cl2S. The normalized spacial score (nSPS) is 12.0. The van der Waals surface area contributed by atoms with Gasteiger partial charge in [0.05, 0.1) is 0 Å². The van der Waals surface area contributed by atoms with Crippen LogP contribution in [-0.2, 0) is 0 Å². The minimum Gasteiger partial charge on any atom is -0.123 e. The first-order valence-corrected chi connectivity index (χ1v) is 4.88. The molecule has 0 saturated carbocycles. The molecule has 0 rings (SSSR count). The molecule has 0 aromatic carbocycles. The average Bonchev–Trinajstić information content (AvgIpc) is 1.84. The van der Waals surface area contributed by atoms with Gasteiger partial charge in [-0.15, -0.1) is 11.8 Å². The summed E-state index contributed by atoms with van der Waals surface area (Å²) in [4.78, 5) is 0. The van der Waals surface area contributed by atoms with Crippen LogP contribution in [0.2, 0.25) is 0 Å². The fourth-order valence-electron chi connectivity index (χ4n) is 0.353. The first-order chi connectivity index (χ1) is 4.12. The van der Waals surface area contributed by atoms with Gasteiger partial charge in [-0.05, 0) is 18.6 Å².